The van der Waals surface area contributed by atoms with E-state index >= 15 is 0 Å². The van der Waals surface area contributed by atoms with E-state index in [0.717, 1.165) is 0 Å². The van der Waals surface area contributed by atoms with Crippen molar-refractivity contribution < 1.29 is 14.6 Å². The van der Waals surface area contributed by atoms with E-state index in [1.807, 2.05) is 20.8 Å². The standard InChI is InChI=1S/C10H19NO3/c1-10(2,3)14-9(13)8-4-7(6-12)5-11-8/h7-8,11-12H,4-6H2,1-3H3. The molecule has 4 heteroatoms. The van der Waals surface area contributed by atoms with Crippen LogP contribution in [0.2, 0.25) is 0 Å². The number of carbonyl (C=O) groups excluding carboxylic acids is 1. The average molecular weight is 201 g/mol. The zero-order chi connectivity index (χ0) is 10.8. The van der Waals surface area contributed by atoms with E-state index < -0.39 is 5.60 Å². The number of rotatable bonds is 2. The van der Waals surface area contributed by atoms with Gasteiger partial charge in [-0.15, -0.1) is 0 Å². The monoisotopic (exact) mass is 201 g/mol. The molecule has 0 radical (unpaired) electrons. The highest BCUT2D eigenvalue weighted by molar-refractivity contribution is 5.76. The normalized spacial score (nSPS) is 27.7. The SMILES string of the molecule is CC(C)(C)OC(=O)C1CC(CO)CN1. The summed E-state index contributed by atoms with van der Waals surface area (Å²) in [6, 6.07) is -0.244. The lowest BCUT2D eigenvalue weighted by atomic mass is 10.1. The number of hydrogen-bond acceptors (Lipinski definition) is 4. The first-order chi connectivity index (χ1) is 6.42. The van der Waals surface area contributed by atoms with Crippen molar-refractivity contribution in [3.63, 3.8) is 0 Å². The number of carbonyl (C=O) groups is 1. The minimum Gasteiger partial charge on any atom is -0.459 e. The number of nitrogens with one attached hydrogen (secondary N) is 1. The molecule has 1 rings (SSSR count). The van der Waals surface area contributed by atoms with Crippen molar-refractivity contribution in [2.24, 2.45) is 5.92 Å². The fraction of sp³-hybridized carbons (Fsp3) is 0.900. The summed E-state index contributed by atoms with van der Waals surface area (Å²) >= 11 is 0. The average Bonchev–Trinajstić information content (AvgIpc) is 2.48. The molecule has 82 valence electrons. The van der Waals surface area contributed by atoms with Crippen molar-refractivity contribution in [2.75, 3.05) is 13.2 Å². The van der Waals surface area contributed by atoms with Crippen LogP contribution in [0.3, 0.4) is 0 Å². The molecular weight excluding hydrogens is 182 g/mol. The molecule has 0 bridgehead atoms. The van der Waals surface area contributed by atoms with E-state index in [2.05, 4.69) is 5.32 Å². The molecule has 2 atom stereocenters. The van der Waals surface area contributed by atoms with Crippen LogP contribution in [-0.2, 0) is 9.53 Å². The number of ether oxygens (including phenoxy) is 1. The Kier molecular flexibility index (Phi) is 3.50. The maximum atomic E-state index is 11.6. The lowest BCUT2D eigenvalue weighted by molar-refractivity contribution is -0.157. The number of aliphatic hydroxyl groups excluding tert-OH is 1. The Labute approximate surface area is 84.6 Å². The second-order valence-corrected chi connectivity index (χ2v) is 4.78. The van der Waals surface area contributed by atoms with Gasteiger partial charge in [0, 0.05) is 13.2 Å². The highest BCUT2D eigenvalue weighted by atomic mass is 16.6. The molecule has 1 saturated heterocycles. The summed E-state index contributed by atoms with van der Waals surface area (Å²) in [5.74, 6) is -0.0269. The molecule has 0 aliphatic carbocycles. The first-order valence-electron chi connectivity index (χ1n) is 4.99. The van der Waals surface area contributed by atoms with Crippen molar-refractivity contribution in [1.29, 1.82) is 0 Å². The van der Waals surface area contributed by atoms with Crippen LogP contribution in [0.25, 0.3) is 0 Å². The minimum atomic E-state index is -0.434. The number of esters is 1. The van der Waals surface area contributed by atoms with E-state index in [9.17, 15) is 4.79 Å². The van der Waals surface area contributed by atoms with E-state index in [0.29, 0.717) is 13.0 Å². The van der Waals surface area contributed by atoms with Gasteiger partial charge in [0.1, 0.15) is 11.6 Å². The molecule has 0 spiro atoms. The highest BCUT2D eigenvalue weighted by Crippen LogP contribution is 2.17. The molecule has 0 aromatic heterocycles. The van der Waals surface area contributed by atoms with Gasteiger partial charge in [-0.2, -0.15) is 0 Å². The third kappa shape index (κ3) is 3.27. The minimum absolute atomic E-state index is 0.131. The van der Waals surface area contributed by atoms with Gasteiger partial charge in [0.2, 0.25) is 0 Å². The lowest BCUT2D eigenvalue weighted by Crippen LogP contribution is -2.37. The predicted octanol–water partition coefficient (Wildman–Crippen LogP) is 0.299. The van der Waals surface area contributed by atoms with Crippen molar-refractivity contribution in [3.8, 4) is 0 Å². The molecule has 1 fully saturated rings. The summed E-state index contributed by atoms with van der Waals surface area (Å²) in [6.45, 7) is 6.38. The third-order valence-corrected chi connectivity index (χ3v) is 2.17. The van der Waals surface area contributed by atoms with Gasteiger partial charge in [-0.3, -0.25) is 4.79 Å². The van der Waals surface area contributed by atoms with Gasteiger partial charge in [-0.25, -0.2) is 0 Å². The summed E-state index contributed by atoms with van der Waals surface area (Å²) in [5, 5.41) is 12.0. The van der Waals surface area contributed by atoms with Gasteiger partial charge in [0.15, 0.2) is 0 Å². The lowest BCUT2D eigenvalue weighted by Gasteiger charge is -2.22. The Morgan fingerprint density at radius 1 is 1.57 bits per heavy atom. The number of hydrogen-bond donors (Lipinski definition) is 2. The van der Waals surface area contributed by atoms with Crippen LogP contribution < -0.4 is 5.32 Å². The van der Waals surface area contributed by atoms with Crippen molar-refractivity contribution in [1.82, 2.24) is 5.32 Å². The molecule has 14 heavy (non-hydrogen) atoms. The van der Waals surface area contributed by atoms with E-state index in [-0.39, 0.29) is 24.5 Å². The van der Waals surface area contributed by atoms with Crippen molar-refractivity contribution >= 4 is 5.97 Å². The van der Waals surface area contributed by atoms with Crippen LogP contribution in [0.15, 0.2) is 0 Å². The van der Waals surface area contributed by atoms with E-state index in [1.165, 1.54) is 0 Å². The van der Waals surface area contributed by atoms with Gasteiger partial charge in [0.05, 0.1) is 0 Å². The van der Waals surface area contributed by atoms with Crippen LogP contribution in [0.1, 0.15) is 27.2 Å². The molecule has 1 aliphatic rings. The summed E-state index contributed by atoms with van der Waals surface area (Å²) < 4.78 is 5.23. The fourth-order valence-electron chi connectivity index (χ4n) is 1.50. The van der Waals surface area contributed by atoms with Gasteiger partial charge < -0.3 is 15.2 Å². The highest BCUT2D eigenvalue weighted by Gasteiger charge is 2.32. The van der Waals surface area contributed by atoms with Crippen LogP contribution in [0.5, 0.6) is 0 Å². The molecule has 0 amide bonds. The second kappa shape index (κ2) is 4.28. The number of aliphatic hydroxyl groups is 1. The van der Waals surface area contributed by atoms with Gasteiger partial charge in [-0.05, 0) is 33.1 Å². The Bertz CT molecular complexity index is 210. The Morgan fingerprint density at radius 2 is 2.21 bits per heavy atom. The molecule has 0 aromatic rings. The quantitative estimate of drug-likeness (QED) is 0.631. The molecule has 2 N–H and O–H groups in total. The van der Waals surface area contributed by atoms with Crippen LogP contribution >= 0.6 is 0 Å². The zero-order valence-electron chi connectivity index (χ0n) is 9.04. The molecule has 4 nitrogen and oxygen atoms in total. The summed E-state index contributed by atoms with van der Waals surface area (Å²) in [4.78, 5) is 11.6. The van der Waals surface area contributed by atoms with Crippen molar-refractivity contribution in [2.45, 2.75) is 38.8 Å². The van der Waals surface area contributed by atoms with Crippen LogP contribution in [0, 0.1) is 5.92 Å². The topological polar surface area (TPSA) is 58.6 Å². The Balaban J connectivity index is 2.40. The first kappa shape index (κ1) is 11.5. The van der Waals surface area contributed by atoms with E-state index in [1.54, 1.807) is 0 Å². The molecule has 0 saturated carbocycles. The Morgan fingerprint density at radius 3 is 2.64 bits per heavy atom. The maximum Gasteiger partial charge on any atom is 0.323 e. The third-order valence-electron chi connectivity index (χ3n) is 2.17. The largest absolute Gasteiger partial charge is 0.459 e. The van der Waals surface area contributed by atoms with Gasteiger partial charge >= 0.3 is 5.97 Å². The fourth-order valence-corrected chi connectivity index (χ4v) is 1.50. The second-order valence-electron chi connectivity index (χ2n) is 4.78. The molecule has 0 aromatic carbocycles. The zero-order valence-corrected chi connectivity index (χ0v) is 9.04. The molecule has 1 heterocycles. The smallest absolute Gasteiger partial charge is 0.323 e. The van der Waals surface area contributed by atoms with Crippen molar-refractivity contribution in [3.05, 3.63) is 0 Å². The predicted molar refractivity (Wildman–Crippen MR) is 52.8 cm³/mol. The van der Waals surface area contributed by atoms with Gasteiger partial charge in [-0.1, -0.05) is 0 Å². The summed E-state index contributed by atoms with van der Waals surface area (Å²) in [5.41, 5.74) is -0.434. The van der Waals surface area contributed by atoms with Crippen LogP contribution in [0.4, 0.5) is 0 Å². The van der Waals surface area contributed by atoms with Crippen LogP contribution in [-0.4, -0.2) is 35.9 Å². The van der Waals surface area contributed by atoms with Gasteiger partial charge in [0.25, 0.3) is 0 Å². The molecule has 2 unspecified atom stereocenters. The summed E-state index contributed by atoms with van der Waals surface area (Å²) in [7, 11) is 0. The first-order valence-corrected chi connectivity index (χ1v) is 4.99. The Hall–Kier alpha value is -0.610. The maximum absolute atomic E-state index is 11.6. The molecule has 1 aliphatic heterocycles. The molecular formula is C10H19NO3. The summed E-state index contributed by atoms with van der Waals surface area (Å²) in [6.07, 6.45) is 0.672. The van der Waals surface area contributed by atoms with E-state index in [4.69, 9.17) is 9.84 Å².